The van der Waals surface area contributed by atoms with E-state index in [4.69, 9.17) is 4.74 Å². The molecule has 0 saturated carbocycles. The van der Waals surface area contributed by atoms with E-state index < -0.39 is 0 Å². The fraction of sp³-hybridized carbons (Fsp3) is 0.769. The molecule has 3 heterocycles. The van der Waals surface area contributed by atoms with Crippen LogP contribution in [0.4, 0.5) is 0 Å². The second-order valence-electron chi connectivity index (χ2n) is 5.46. The van der Waals surface area contributed by atoms with E-state index >= 15 is 0 Å². The number of ether oxygens (including phenoxy) is 1. The lowest BCUT2D eigenvalue weighted by Gasteiger charge is -2.31. The summed E-state index contributed by atoms with van der Waals surface area (Å²) in [4.78, 5) is 16.0. The number of cyclic esters (lactones) is 1. The van der Waals surface area contributed by atoms with Crippen LogP contribution in [0, 0.1) is 0 Å². The Hall–Kier alpha value is -1.07. The van der Waals surface area contributed by atoms with Crippen molar-refractivity contribution in [2.75, 3.05) is 32.9 Å². The van der Waals surface area contributed by atoms with E-state index in [-0.39, 0.29) is 5.97 Å². The Balaban J connectivity index is 1.64. The van der Waals surface area contributed by atoms with Crippen molar-refractivity contribution in [3.63, 3.8) is 0 Å². The summed E-state index contributed by atoms with van der Waals surface area (Å²) in [6.45, 7) is 6.96. The molecule has 0 spiro atoms. The van der Waals surface area contributed by atoms with E-state index in [1.54, 1.807) is 6.08 Å². The monoisotopic (exact) mass is 251 g/mol. The van der Waals surface area contributed by atoms with Gasteiger partial charge in [0.15, 0.2) is 0 Å². The number of carbonyl (C=O) groups is 1. The summed E-state index contributed by atoms with van der Waals surface area (Å²) < 4.78 is 5.01. The van der Waals surface area contributed by atoms with Crippen molar-refractivity contribution < 1.29 is 9.53 Å². The lowest BCUT2D eigenvalue weighted by molar-refractivity contribution is -0.135. The van der Waals surface area contributed by atoms with Crippen LogP contribution in [0.5, 0.6) is 0 Å². The number of esters is 1. The highest BCUT2D eigenvalue weighted by Crippen LogP contribution is 2.25. The van der Waals surface area contributed by atoms with Crippen LogP contribution in [0.1, 0.15) is 19.8 Å². The predicted molar refractivity (Wildman–Crippen MR) is 67.8 cm³/mol. The van der Waals surface area contributed by atoms with Crippen molar-refractivity contribution in [3.8, 4) is 0 Å². The number of hydrogen-bond donors (Lipinski definition) is 1. The quantitative estimate of drug-likeness (QED) is 0.707. The third-order valence-corrected chi connectivity index (χ3v) is 4.21. The molecule has 5 nitrogen and oxygen atoms in total. The molecule has 0 radical (unpaired) electrons. The van der Waals surface area contributed by atoms with E-state index in [0.717, 1.165) is 32.0 Å². The second kappa shape index (κ2) is 4.90. The minimum Gasteiger partial charge on any atom is -0.456 e. The molecule has 0 amide bonds. The fourth-order valence-electron chi connectivity index (χ4n) is 3.17. The first-order valence-corrected chi connectivity index (χ1v) is 6.83. The first-order valence-electron chi connectivity index (χ1n) is 6.83. The summed E-state index contributed by atoms with van der Waals surface area (Å²) >= 11 is 0. The van der Waals surface area contributed by atoms with Gasteiger partial charge in [-0.15, -0.1) is 0 Å². The highest BCUT2D eigenvalue weighted by Gasteiger charge is 2.34. The van der Waals surface area contributed by atoms with Crippen molar-refractivity contribution in [2.45, 2.75) is 31.8 Å². The fourth-order valence-corrected chi connectivity index (χ4v) is 3.17. The molecule has 3 aliphatic heterocycles. The molecule has 3 aliphatic rings. The molecule has 0 unspecified atom stereocenters. The number of carbonyl (C=O) groups excluding carboxylic acids is 1. The number of piperidine rings is 1. The van der Waals surface area contributed by atoms with Crippen LogP contribution < -0.4 is 5.32 Å². The first kappa shape index (κ1) is 12.0. The molecule has 5 heteroatoms. The standard InChI is InChI=1S/C13H21N3O2/c1-10-7-15(11-2-4-14-5-3-11)9-16(10)12-6-13(17)18-8-12/h6,10-11,14H,2-5,7-9H2,1H3/t10-/m0/s1. The maximum atomic E-state index is 11.2. The largest absolute Gasteiger partial charge is 0.456 e. The molecule has 0 bridgehead atoms. The van der Waals surface area contributed by atoms with Crippen molar-refractivity contribution in [1.29, 1.82) is 0 Å². The van der Waals surface area contributed by atoms with Gasteiger partial charge in [0.2, 0.25) is 0 Å². The minimum atomic E-state index is -0.197. The maximum absolute atomic E-state index is 11.2. The highest BCUT2D eigenvalue weighted by atomic mass is 16.5. The normalized spacial score (nSPS) is 30.7. The van der Waals surface area contributed by atoms with Gasteiger partial charge in [0.25, 0.3) is 0 Å². The second-order valence-corrected chi connectivity index (χ2v) is 5.46. The van der Waals surface area contributed by atoms with Crippen LogP contribution in [0.25, 0.3) is 0 Å². The van der Waals surface area contributed by atoms with Crippen LogP contribution in [0.3, 0.4) is 0 Å². The van der Waals surface area contributed by atoms with Crippen LogP contribution in [-0.4, -0.2) is 60.8 Å². The molecule has 2 fully saturated rings. The Morgan fingerprint density at radius 2 is 2.17 bits per heavy atom. The summed E-state index contributed by atoms with van der Waals surface area (Å²) in [5, 5.41) is 3.41. The third-order valence-electron chi connectivity index (χ3n) is 4.21. The van der Waals surface area contributed by atoms with Gasteiger partial charge >= 0.3 is 5.97 Å². The van der Waals surface area contributed by atoms with Crippen molar-refractivity contribution >= 4 is 5.97 Å². The average Bonchev–Trinajstić information content (AvgIpc) is 2.97. The van der Waals surface area contributed by atoms with Gasteiger partial charge < -0.3 is 15.0 Å². The smallest absolute Gasteiger partial charge is 0.333 e. The Morgan fingerprint density at radius 3 is 2.83 bits per heavy atom. The molecular formula is C13H21N3O2. The topological polar surface area (TPSA) is 44.8 Å². The molecule has 18 heavy (non-hydrogen) atoms. The van der Waals surface area contributed by atoms with Gasteiger partial charge in [0.1, 0.15) is 6.61 Å². The summed E-state index contributed by atoms with van der Waals surface area (Å²) in [5.74, 6) is -0.197. The van der Waals surface area contributed by atoms with Gasteiger partial charge in [-0.1, -0.05) is 0 Å². The highest BCUT2D eigenvalue weighted by molar-refractivity contribution is 5.85. The maximum Gasteiger partial charge on any atom is 0.333 e. The van der Waals surface area contributed by atoms with E-state index in [1.807, 2.05) is 0 Å². The number of nitrogens with zero attached hydrogens (tertiary/aromatic N) is 2. The zero-order chi connectivity index (χ0) is 12.5. The van der Waals surface area contributed by atoms with Crippen molar-refractivity contribution in [1.82, 2.24) is 15.1 Å². The minimum absolute atomic E-state index is 0.197. The van der Waals surface area contributed by atoms with Gasteiger partial charge in [-0.25, -0.2) is 4.79 Å². The van der Waals surface area contributed by atoms with E-state index in [0.29, 0.717) is 18.7 Å². The van der Waals surface area contributed by atoms with Gasteiger partial charge in [0.05, 0.1) is 12.4 Å². The van der Waals surface area contributed by atoms with Gasteiger partial charge in [-0.3, -0.25) is 4.90 Å². The zero-order valence-electron chi connectivity index (χ0n) is 10.9. The van der Waals surface area contributed by atoms with Crippen molar-refractivity contribution in [2.24, 2.45) is 0 Å². The molecular weight excluding hydrogens is 230 g/mol. The zero-order valence-corrected chi connectivity index (χ0v) is 10.9. The Labute approximate surface area is 108 Å². The summed E-state index contributed by atoms with van der Waals surface area (Å²) in [7, 11) is 0. The van der Waals surface area contributed by atoms with Crippen LogP contribution >= 0.6 is 0 Å². The molecule has 0 aromatic carbocycles. The molecule has 3 rings (SSSR count). The van der Waals surface area contributed by atoms with E-state index in [1.165, 1.54) is 12.8 Å². The molecule has 0 aromatic rings. The average molecular weight is 251 g/mol. The predicted octanol–water partition coefficient (Wildman–Crippen LogP) is 0.143. The Bertz CT molecular complexity index is 363. The molecule has 2 saturated heterocycles. The Morgan fingerprint density at radius 1 is 1.39 bits per heavy atom. The van der Waals surface area contributed by atoms with Gasteiger partial charge in [0, 0.05) is 24.7 Å². The van der Waals surface area contributed by atoms with E-state index in [2.05, 4.69) is 22.0 Å². The van der Waals surface area contributed by atoms with Crippen molar-refractivity contribution in [3.05, 3.63) is 11.8 Å². The Kier molecular flexibility index (Phi) is 3.26. The molecule has 100 valence electrons. The summed E-state index contributed by atoms with van der Waals surface area (Å²) in [5.41, 5.74) is 1.05. The molecule has 1 N–H and O–H groups in total. The van der Waals surface area contributed by atoms with Gasteiger partial charge in [-0.05, 0) is 32.9 Å². The lowest BCUT2D eigenvalue weighted by atomic mass is 10.1. The molecule has 0 aliphatic carbocycles. The summed E-state index contributed by atoms with van der Waals surface area (Å²) in [6, 6.07) is 1.16. The lowest BCUT2D eigenvalue weighted by Crippen LogP contribution is -2.42. The third kappa shape index (κ3) is 2.24. The molecule has 1 atom stereocenters. The number of nitrogens with one attached hydrogen (secondary N) is 1. The molecule has 0 aromatic heterocycles. The van der Waals surface area contributed by atoms with Gasteiger partial charge in [-0.2, -0.15) is 0 Å². The number of rotatable bonds is 2. The first-order chi connectivity index (χ1) is 8.74. The summed E-state index contributed by atoms with van der Waals surface area (Å²) in [6.07, 6.45) is 4.10. The van der Waals surface area contributed by atoms with Crippen LogP contribution in [0.15, 0.2) is 11.8 Å². The van der Waals surface area contributed by atoms with Crippen LogP contribution in [-0.2, 0) is 9.53 Å². The van der Waals surface area contributed by atoms with Crippen LogP contribution in [0.2, 0.25) is 0 Å². The SMILES string of the molecule is C[C@H]1CN(C2CCNCC2)CN1C1=CC(=O)OC1. The number of hydrogen-bond acceptors (Lipinski definition) is 5. The van der Waals surface area contributed by atoms with E-state index in [9.17, 15) is 4.79 Å².